The zero-order valence-corrected chi connectivity index (χ0v) is 15.5. The minimum atomic E-state index is -0.828. The fourth-order valence-electron chi connectivity index (χ4n) is 3.01. The van der Waals surface area contributed by atoms with Crippen molar-refractivity contribution in [2.24, 2.45) is 5.92 Å². The van der Waals surface area contributed by atoms with Crippen molar-refractivity contribution in [3.8, 4) is 9.88 Å². The van der Waals surface area contributed by atoms with Gasteiger partial charge in [-0.1, -0.05) is 11.6 Å². The first kappa shape index (κ1) is 17.4. The first-order chi connectivity index (χ1) is 11.5. The Balaban J connectivity index is 1.68. The summed E-state index contributed by atoms with van der Waals surface area (Å²) < 4.78 is 0.708. The zero-order chi connectivity index (χ0) is 17.3. The maximum Gasteiger partial charge on any atom is 0.308 e. The maximum atomic E-state index is 12.6. The van der Waals surface area contributed by atoms with E-state index in [0.717, 1.165) is 16.3 Å². The summed E-state index contributed by atoms with van der Waals surface area (Å²) in [6.45, 7) is 2.43. The highest BCUT2D eigenvalue weighted by atomic mass is 35.5. The van der Waals surface area contributed by atoms with Crippen LogP contribution in [-0.2, 0) is 16.0 Å². The van der Waals surface area contributed by atoms with Gasteiger partial charge in [-0.2, -0.15) is 0 Å². The molecule has 24 heavy (non-hydrogen) atoms. The van der Waals surface area contributed by atoms with Crippen molar-refractivity contribution in [1.82, 2.24) is 9.88 Å². The van der Waals surface area contributed by atoms with Crippen LogP contribution < -0.4 is 0 Å². The smallest absolute Gasteiger partial charge is 0.308 e. The van der Waals surface area contributed by atoms with Crippen LogP contribution in [-0.4, -0.2) is 39.5 Å². The van der Waals surface area contributed by atoms with Crippen LogP contribution in [0.5, 0.6) is 0 Å². The van der Waals surface area contributed by atoms with Gasteiger partial charge in [0.15, 0.2) is 0 Å². The third-order valence-electron chi connectivity index (χ3n) is 4.29. The molecule has 2 atom stereocenters. The Bertz CT molecular complexity index is 758. The number of thiophene rings is 1. The Morgan fingerprint density at radius 1 is 1.46 bits per heavy atom. The molecule has 3 heterocycles. The van der Waals surface area contributed by atoms with Crippen LogP contribution in [0.1, 0.15) is 25.5 Å². The quantitative estimate of drug-likeness (QED) is 0.870. The fourth-order valence-corrected chi connectivity index (χ4v) is 4.95. The molecule has 3 rings (SSSR count). The topological polar surface area (TPSA) is 70.5 Å². The normalized spacial score (nSPS) is 21.0. The molecule has 1 N–H and O–H groups in total. The molecule has 0 aromatic carbocycles. The molecule has 0 radical (unpaired) electrons. The zero-order valence-electron chi connectivity index (χ0n) is 13.1. The van der Waals surface area contributed by atoms with Crippen LogP contribution in [0.25, 0.3) is 9.88 Å². The van der Waals surface area contributed by atoms with Crippen molar-refractivity contribution in [2.45, 2.75) is 32.2 Å². The number of likely N-dealkylation sites (tertiary alicyclic amines) is 1. The van der Waals surface area contributed by atoms with E-state index in [1.54, 1.807) is 4.90 Å². The fraction of sp³-hybridized carbons (Fsp3) is 0.438. The highest BCUT2D eigenvalue weighted by Crippen LogP contribution is 2.33. The largest absolute Gasteiger partial charge is 0.481 e. The number of thiazole rings is 1. The number of aromatic nitrogens is 1. The van der Waals surface area contributed by atoms with E-state index in [0.29, 0.717) is 23.0 Å². The van der Waals surface area contributed by atoms with Gasteiger partial charge in [0.05, 0.1) is 27.2 Å². The van der Waals surface area contributed by atoms with Gasteiger partial charge in [-0.05, 0) is 31.9 Å². The third kappa shape index (κ3) is 3.63. The standard InChI is InChI=1S/C16H17ClN2O3S2/c1-9-11(16(21)22)3-2-6-19(9)14(20)7-10-8-23-15(18-10)12-4-5-13(17)24-12/h4-5,8-9,11H,2-3,6-7H2,1H3,(H,21,22)/t9-,11-/m1/s1. The number of rotatable bonds is 4. The number of carbonyl (C=O) groups excluding carboxylic acids is 1. The first-order valence-corrected chi connectivity index (χ1v) is 9.75. The van der Waals surface area contributed by atoms with E-state index in [-0.39, 0.29) is 18.4 Å². The van der Waals surface area contributed by atoms with Gasteiger partial charge >= 0.3 is 5.97 Å². The Kier molecular flexibility index (Phi) is 5.22. The summed E-state index contributed by atoms with van der Waals surface area (Å²) in [5.74, 6) is -1.37. The van der Waals surface area contributed by atoms with Gasteiger partial charge in [-0.3, -0.25) is 9.59 Å². The van der Waals surface area contributed by atoms with E-state index in [1.807, 2.05) is 24.4 Å². The Morgan fingerprint density at radius 3 is 2.92 bits per heavy atom. The van der Waals surface area contributed by atoms with Crippen molar-refractivity contribution < 1.29 is 14.7 Å². The SMILES string of the molecule is C[C@@H]1[C@H](C(=O)O)CCCN1C(=O)Cc1csc(-c2ccc(Cl)s2)n1. The number of aliphatic carboxylic acids is 1. The molecule has 0 bridgehead atoms. The summed E-state index contributed by atoms with van der Waals surface area (Å²) in [6.07, 6.45) is 1.55. The lowest BCUT2D eigenvalue weighted by Crippen LogP contribution is -2.49. The van der Waals surface area contributed by atoms with Crippen LogP contribution in [0.3, 0.4) is 0 Å². The lowest BCUT2D eigenvalue weighted by Gasteiger charge is -2.37. The van der Waals surface area contributed by atoms with Crippen molar-refractivity contribution in [3.05, 3.63) is 27.5 Å². The average molecular weight is 385 g/mol. The molecule has 1 fully saturated rings. The second kappa shape index (κ2) is 7.21. The molecule has 1 aliphatic rings. The first-order valence-electron chi connectivity index (χ1n) is 7.68. The van der Waals surface area contributed by atoms with Gasteiger partial charge in [-0.25, -0.2) is 4.98 Å². The molecule has 1 amide bonds. The minimum Gasteiger partial charge on any atom is -0.481 e. The summed E-state index contributed by atoms with van der Waals surface area (Å²) in [4.78, 5) is 31.1. The van der Waals surface area contributed by atoms with E-state index < -0.39 is 11.9 Å². The number of amides is 1. The second-order valence-corrected chi connectivity index (χ2v) is 8.41. The van der Waals surface area contributed by atoms with Gasteiger partial charge in [0.1, 0.15) is 5.01 Å². The number of hydrogen-bond donors (Lipinski definition) is 1. The molecule has 1 saturated heterocycles. The Labute approximate surface area is 152 Å². The molecule has 0 unspecified atom stereocenters. The molecule has 0 saturated carbocycles. The molecule has 0 spiro atoms. The Hall–Kier alpha value is -1.44. The number of hydrogen-bond acceptors (Lipinski definition) is 5. The predicted octanol–water partition coefficient (Wildman–Crippen LogP) is 3.78. The lowest BCUT2D eigenvalue weighted by atomic mass is 9.90. The van der Waals surface area contributed by atoms with Crippen LogP contribution in [0, 0.1) is 5.92 Å². The van der Waals surface area contributed by atoms with Crippen molar-refractivity contribution in [3.63, 3.8) is 0 Å². The van der Waals surface area contributed by atoms with Gasteiger partial charge in [0, 0.05) is 18.0 Å². The second-order valence-electron chi connectivity index (χ2n) is 5.84. The van der Waals surface area contributed by atoms with Gasteiger partial charge in [-0.15, -0.1) is 22.7 Å². The number of carboxylic acids is 1. The highest BCUT2D eigenvalue weighted by Gasteiger charge is 2.35. The molecule has 1 aliphatic heterocycles. The number of carbonyl (C=O) groups is 2. The van der Waals surface area contributed by atoms with E-state index in [1.165, 1.54) is 22.7 Å². The van der Waals surface area contributed by atoms with Crippen molar-refractivity contribution >= 4 is 46.2 Å². The Morgan fingerprint density at radius 2 is 2.25 bits per heavy atom. The summed E-state index contributed by atoms with van der Waals surface area (Å²) in [7, 11) is 0. The van der Waals surface area contributed by atoms with Crippen LogP contribution >= 0.6 is 34.3 Å². The number of piperidine rings is 1. The summed E-state index contributed by atoms with van der Waals surface area (Å²) >= 11 is 8.89. The summed E-state index contributed by atoms with van der Waals surface area (Å²) in [5.41, 5.74) is 0.717. The summed E-state index contributed by atoms with van der Waals surface area (Å²) in [5, 5.41) is 12.0. The third-order valence-corrected chi connectivity index (χ3v) is 6.59. The van der Waals surface area contributed by atoms with Crippen molar-refractivity contribution in [2.75, 3.05) is 6.54 Å². The monoisotopic (exact) mass is 384 g/mol. The van der Waals surface area contributed by atoms with Crippen LogP contribution in [0.2, 0.25) is 4.34 Å². The van der Waals surface area contributed by atoms with E-state index in [4.69, 9.17) is 11.6 Å². The number of carboxylic acid groups (broad SMARTS) is 1. The van der Waals surface area contributed by atoms with Gasteiger partial charge in [0.2, 0.25) is 5.91 Å². The van der Waals surface area contributed by atoms with E-state index in [2.05, 4.69) is 4.98 Å². The predicted molar refractivity (Wildman–Crippen MR) is 95.7 cm³/mol. The van der Waals surface area contributed by atoms with Gasteiger partial charge < -0.3 is 10.0 Å². The lowest BCUT2D eigenvalue weighted by molar-refractivity contribution is -0.148. The maximum absolute atomic E-state index is 12.6. The minimum absolute atomic E-state index is 0.0606. The molecule has 2 aromatic rings. The van der Waals surface area contributed by atoms with Crippen LogP contribution in [0.4, 0.5) is 0 Å². The molecule has 128 valence electrons. The number of halogens is 1. The molecule has 0 aliphatic carbocycles. The molecular formula is C16H17ClN2O3S2. The summed E-state index contributed by atoms with van der Waals surface area (Å²) in [6, 6.07) is 3.47. The van der Waals surface area contributed by atoms with Gasteiger partial charge in [0.25, 0.3) is 0 Å². The van der Waals surface area contributed by atoms with E-state index >= 15 is 0 Å². The molecule has 8 heteroatoms. The van der Waals surface area contributed by atoms with Crippen LogP contribution in [0.15, 0.2) is 17.5 Å². The number of nitrogens with zero attached hydrogens (tertiary/aromatic N) is 2. The molecule has 5 nitrogen and oxygen atoms in total. The van der Waals surface area contributed by atoms with E-state index in [9.17, 15) is 14.7 Å². The van der Waals surface area contributed by atoms with Crippen molar-refractivity contribution in [1.29, 1.82) is 0 Å². The molecule has 2 aromatic heterocycles. The average Bonchev–Trinajstić information content (AvgIpc) is 3.16. The molecular weight excluding hydrogens is 368 g/mol. The highest BCUT2D eigenvalue weighted by molar-refractivity contribution is 7.23.